The lowest BCUT2D eigenvalue weighted by Gasteiger charge is -2.18. The van der Waals surface area contributed by atoms with Crippen molar-refractivity contribution in [3.05, 3.63) is 65.2 Å². The fourth-order valence-electron chi connectivity index (χ4n) is 1.96. The van der Waals surface area contributed by atoms with Gasteiger partial charge in [0, 0.05) is 25.2 Å². The van der Waals surface area contributed by atoms with Gasteiger partial charge in [-0.25, -0.2) is 8.78 Å². The number of nitrogens with zero attached hydrogens (tertiary/aromatic N) is 1. The maximum Gasteiger partial charge on any atom is 0.256 e. The van der Waals surface area contributed by atoms with Gasteiger partial charge in [-0.15, -0.1) is 0 Å². The van der Waals surface area contributed by atoms with Crippen LogP contribution in [0.5, 0.6) is 5.75 Å². The summed E-state index contributed by atoms with van der Waals surface area (Å²) in [5, 5.41) is 0. The third-order valence-electron chi connectivity index (χ3n) is 3.12. The molecule has 0 fully saturated rings. The summed E-state index contributed by atoms with van der Waals surface area (Å²) in [4.78, 5) is 13.5. The van der Waals surface area contributed by atoms with Gasteiger partial charge in [-0.1, -0.05) is 18.2 Å². The molecule has 21 heavy (non-hydrogen) atoms. The molecule has 3 nitrogen and oxygen atoms in total. The zero-order valence-electron chi connectivity index (χ0n) is 11.8. The Morgan fingerprint density at radius 2 is 1.86 bits per heavy atom. The van der Waals surface area contributed by atoms with Gasteiger partial charge in [-0.2, -0.15) is 0 Å². The van der Waals surface area contributed by atoms with E-state index in [4.69, 9.17) is 4.74 Å². The van der Waals surface area contributed by atoms with Crippen LogP contribution in [0.15, 0.2) is 42.5 Å². The monoisotopic (exact) mass is 291 g/mol. The van der Waals surface area contributed by atoms with E-state index in [0.717, 1.165) is 6.07 Å². The number of hydrogen-bond donors (Lipinski definition) is 0. The molecule has 2 aromatic rings. The summed E-state index contributed by atoms with van der Waals surface area (Å²) in [6.45, 7) is 0.0664. The first kappa shape index (κ1) is 15.0. The molecular formula is C16H15F2NO2. The normalized spacial score (nSPS) is 10.3. The van der Waals surface area contributed by atoms with E-state index in [1.807, 2.05) is 0 Å². The van der Waals surface area contributed by atoms with Crippen LogP contribution in [-0.4, -0.2) is 25.0 Å². The second kappa shape index (κ2) is 6.35. The lowest BCUT2D eigenvalue weighted by atomic mass is 10.1. The Hall–Kier alpha value is -2.43. The summed E-state index contributed by atoms with van der Waals surface area (Å²) in [5.74, 6) is -1.24. The number of carbonyl (C=O) groups is 1. The summed E-state index contributed by atoms with van der Waals surface area (Å²) in [5.41, 5.74) is 0.303. The van der Waals surface area contributed by atoms with Crippen molar-refractivity contribution in [3.8, 4) is 5.75 Å². The molecule has 0 aromatic heterocycles. The number of hydrogen-bond acceptors (Lipinski definition) is 2. The van der Waals surface area contributed by atoms with E-state index in [1.54, 1.807) is 18.2 Å². The molecule has 5 heteroatoms. The van der Waals surface area contributed by atoms with Crippen LogP contribution in [0.3, 0.4) is 0 Å². The Labute approximate surface area is 121 Å². The molecule has 0 aliphatic rings. The van der Waals surface area contributed by atoms with Gasteiger partial charge in [-0.3, -0.25) is 4.79 Å². The summed E-state index contributed by atoms with van der Waals surface area (Å²) < 4.78 is 32.3. The molecule has 0 saturated heterocycles. The van der Waals surface area contributed by atoms with Gasteiger partial charge in [0.1, 0.15) is 17.4 Å². The van der Waals surface area contributed by atoms with Gasteiger partial charge >= 0.3 is 0 Å². The minimum Gasteiger partial charge on any atom is -0.497 e. The molecule has 0 aliphatic heterocycles. The predicted octanol–water partition coefficient (Wildman–Crippen LogP) is 3.25. The molecule has 0 heterocycles. The highest BCUT2D eigenvalue weighted by Gasteiger charge is 2.17. The highest BCUT2D eigenvalue weighted by molar-refractivity contribution is 5.94. The van der Waals surface area contributed by atoms with E-state index in [1.165, 1.54) is 37.3 Å². The summed E-state index contributed by atoms with van der Waals surface area (Å²) in [6, 6.07) is 10.2. The van der Waals surface area contributed by atoms with Gasteiger partial charge in [0.05, 0.1) is 12.7 Å². The van der Waals surface area contributed by atoms with Crippen LogP contribution in [0.4, 0.5) is 8.78 Å². The van der Waals surface area contributed by atoms with Gasteiger partial charge < -0.3 is 9.64 Å². The predicted molar refractivity (Wildman–Crippen MR) is 75.1 cm³/mol. The SMILES string of the molecule is COc1ccc(C(=O)N(C)Cc2ccccc2F)c(F)c1. The number of amides is 1. The molecule has 0 saturated carbocycles. The second-order valence-electron chi connectivity index (χ2n) is 4.60. The number of rotatable bonds is 4. The van der Waals surface area contributed by atoms with Crippen molar-refractivity contribution in [2.75, 3.05) is 14.2 Å². The highest BCUT2D eigenvalue weighted by Crippen LogP contribution is 2.18. The average molecular weight is 291 g/mol. The van der Waals surface area contributed by atoms with Crippen LogP contribution in [-0.2, 0) is 6.54 Å². The fourth-order valence-corrected chi connectivity index (χ4v) is 1.96. The molecule has 0 aliphatic carbocycles. The standard InChI is InChI=1S/C16H15F2NO2/c1-19(10-11-5-3-4-6-14(11)17)16(20)13-8-7-12(21-2)9-15(13)18/h3-9H,10H2,1-2H3. The number of halogens is 2. The fraction of sp³-hybridized carbons (Fsp3) is 0.188. The van der Waals surface area contributed by atoms with E-state index in [0.29, 0.717) is 11.3 Å². The van der Waals surface area contributed by atoms with E-state index in [2.05, 4.69) is 0 Å². The molecule has 0 radical (unpaired) electrons. The smallest absolute Gasteiger partial charge is 0.256 e. The Balaban J connectivity index is 2.18. The third-order valence-corrected chi connectivity index (χ3v) is 3.12. The summed E-state index contributed by atoms with van der Waals surface area (Å²) in [7, 11) is 2.92. The van der Waals surface area contributed by atoms with Crippen LogP contribution < -0.4 is 4.74 Å². The zero-order chi connectivity index (χ0) is 15.4. The van der Waals surface area contributed by atoms with Crippen LogP contribution in [0.25, 0.3) is 0 Å². The molecule has 0 N–H and O–H groups in total. The molecule has 110 valence electrons. The zero-order valence-corrected chi connectivity index (χ0v) is 11.8. The maximum absolute atomic E-state index is 13.9. The van der Waals surface area contributed by atoms with Gasteiger partial charge in [-0.05, 0) is 18.2 Å². The molecule has 0 unspecified atom stereocenters. The average Bonchev–Trinajstić information content (AvgIpc) is 2.48. The molecule has 2 rings (SSSR count). The lowest BCUT2D eigenvalue weighted by molar-refractivity contribution is 0.0779. The minimum absolute atomic E-state index is 0.0664. The van der Waals surface area contributed by atoms with E-state index >= 15 is 0 Å². The van der Waals surface area contributed by atoms with Crippen LogP contribution in [0.2, 0.25) is 0 Å². The Morgan fingerprint density at radius 3 is 2.48 bits per heavy atom. The molecule has 0 spiro atoms. The van der Waals surface area contributed by atoms with Crippen molar-refractivity contribution >= 4 is 5.91 Å². The first-order chi connectivity index (χ1) is 10.0. The molecule has 0 bridgehead atoms. The first-order valence-electron chi connectivity index (χ1n) is 6.35. The van der Waals surface area contributed by atoms with Gasteiger partial charge in [0.15, 0.2) is 0 Å². The van der Waals surface area contributed by atoms with Crippen LogP contribution >= 0.6 is 0 Å². The minimum atomic E-state index is -0.667. The molecule has 0 atom stereocenters. The topological polar surface area (TPSA) is 29.5 Å². The van der Waals surface area contributed by atoms with Crippen molar-refractivity contribution in [3.63, 3.8) is 0 Å². The second-order valence-corrected chi connectivity index (χ2v) is 4.60. The van der Waals surface area contributed by atoms with Gasteiger partial charge in [0.2, 0.25) is 0 Å². The van der Waals surface area contributed by atoms with E-state index in [-0.39, 0.29) is 12.1 Å². The van der Waals surface area contributed by atoms with E-state index in [9.17, 15) is 13.6 Å². The molecule has 2 aromatic carbocycles. The lowest BCUT2D eigenvalue weighted by Crippen LogP contribution is -2.27. The van der Waals surface area contributed by atoms with E-state index < -0.39 is 17.5 Å². The highest BCUT2D eigenvalue weighted by atomic mass is 19.1. The van der Waals surface area contributed by atoms with Gasteiger partial charge in [0.25, 0.3) is 5.91 Å². The quantitative estimate of drug-likeness (QED) is 0.865. The number of benzene rings is 2. The third kappa shape index (κ3) is 3.37. The molecule has 1 amide bonds. The van der Waals surface area contributed by atoms with Crippen molar-refractivity contribution in [1.29, 1.82) is 0 Å². The van der Waals surface area contributed by atoms with Crippen LogP contribution in [0, 0.1) is 11.6 Å². The number of ether oxygens (including phenoxy) is 1. The summed E-state index contributed by atoms with van der Waals surface area (Å²) in [6.07, 6.45) is 0. The largest absolute Gasteiger partial charge is 0.497 e. The van der Waals surface area contributed by atoms with Crippen molar-refractivity contribution in [2.24, 2.45) is 0 Å². The van der Waals surface area contributed by atoms with Crippen molar-refractivity contribution in [1.82, 2.24) is 4.90 Å². The maximum atomic E-state index is 13.9. The van der Waals surface area contributed by atoms with Crippen LogP contribution in [0.1, 0.15) is 15.9 Å². The number of carbonyl (C=O) groups excluding carboxylic acids is 1. The Morgan fingerprint density at radius 1 is 1.14 bits per heavy atom. The molecular weight excluding hydrogens is 276 g/mol. The summed E-state index contributed by atoms with van der Waals surface area (Å²) >= 11 is 0. The van der Waals surface area contributed by atoms with Crippen molar-refractivity contribution in [2.45, 2.75) is 6.54 Å². The first-order valence-corrected chi connectivity index (χ1v) is 6.35. The Kier molecular flexibility index (Phi) is 4.52. The van der Waals surface area contributed by atoms with Crippen molar-refractivity contribution < 1.29 is 18.3 Å². The Bertz CT molecular complexity index is 658. The number of methoxy groups -OCH3 is 1.